The summed E-state index contributed by atoms with van der Waals surface area (Å²) < 4.78 is 4.52. The van der Waals surface area contributed by atoms with Crippen molar-refractivity contribution in [3.63, 3.8) is 0 Å². The first-order valence-corrected chi connectivity index (χ1v) is 4.40. The van der Waals surface area contributed by atoms with Crippen LogP contribution in [0.25, 0.3) is 0 Å². The van der Waals surface area contributed by atoms with E-state index in [0.717, 1.165) is 16.9 Å². The lowest BCUT2D eigenvalue weighted by Crippen LogP contribution is -1.98. The molecule has 12 heavy (non-hydrogen) atoms. The lowest BCUT2D eigenvalue weighted by Gasteiger charge is -1.94. The van der Waals surface area contributed by atoms with Gasteiger partial charge in [0, 0.05) is 5.56 Å². The second-order valence-electron chi connectivity index (χ2n) is 2.23. The standard InChI is InChI=1S/C7H8ClNO2S/c1-3-4(8)5(7(10)11-2)12-6(3)9/h9H2,1-2H3. The van der Waals surface area contributed by atoms with Crippen LogP contribution < -0.4 is 5.73 Å². The number of hydrogen-bond acceptors (Lipinski definition) is 4. The zero-order valence-corrected chi connectivity index (χ0v) is 8.25. The minimum atomic E-state index is -0.440. The molecule has 0 amide bonds. The molecule has 2 N–H and O–H groups in total. The molecule has 0 unspecified atom stereocenters. The summed E-state index contributed by atoms with van der Waals surface area (Å²) >= 11 is 6.96. The Morgan fingerprint density at radius 3 is 2.58 bits per heavy atom. The molecule has 1 aromatic rings. The summed E-state index contributed by atoms with van der Waals surface area (Å²) in [6.45, 7) is 1.76. The van der Waals surface area contributed by atoms with Crippen molar-refractivity contribution in [1.82, 2.24) is 0 Å². The van der Waals surface area contributed by atoms with E-state index < -0.39 is 5.97 Å². The summed E-state index contributed by atoms with van der Waals surface area (Å²) in [5.41, 5.74) is 6.30. The Morgan fingerprint density at radius 1 is 1.67 bits per heavy atom. The van der Waals surface area contributed by atoms with Gasteiger partial charge in [-0.25, -0.2) is 4.79 Å². The van der Waals surface area contributed by atoms with Crippen LogP contribution in [-0.4, -0.2) is 13.1 Å². The third-order valence-corrected chi connectivity index (χ3v) is 3.17. The van der Waals surface area contributed by atoms with Gasteiger partial charge in [-0.05, 0) is 6.92 Å². The zero-order valence-electron chi connectivity index (χ0n) is 6.68. The van der Waals surface area contributed by atoms with Crippen LogP contribution in [-0.2, 0) is 4.74 Å². The normalized spacial score (nSPS) is 9.92. The Morgan fingerprint density at radius 2 is 2.25 bits per heavy atom. The van der Waals surface area contributed by atoms with Crippen molar-refractivity contribution < 1.29 is 9.53 Å². The van der Waals surface area contributed by atoms with Gasteiger partial charge in [0.1, 0.15) is 4.88 Å². The van der Waals surface area contributed by atoms with Gasteiger partial charge in [0.15, 0.2) is 0 Å². The number of hydrogen-bond donors (Lipinski definition) is 1. The number of halogens is 1. The second-order valence-corrected chi connectivity index (χ2v) is 3.66. The quantitative estimate of drug-likeness (QED) is 0.715. The fourth-order valence-corrected chi connectivity index (χ4v) is 1.97. The third kappa shape index (κ3) is 1.40. The highest BCUT2D eigenvalue weighted by atomic mass is 35.5. The van der Waals surface area contributed by atoms with Gasteiger partial charge in [0.05, 0.1) is 17.1 Å². The van der Waals surface area contributed by atoms with E-state index >= 15 is 0 Å². The molecule has 66 valence electrons. The first kappa shape index (κ1) is 9.35. The largest absolute Gasteiger partial charge is 0.465 e. The predicted molar refractivity (Wildman–Crippen MR) is 49.8 cm³/mol. The van der Waals surface area contributed by atoms with Crippen LogP contribution in [0, 0.1) is 6.92 Å². The molecule has 1 heterocycles. The van der Waals surface area contributed by atoms with E-state index in [-0.39, 0.29) is 0 Å². The molecule has 0 saturated carbocycles. The van der Waals surface area contributed by atoms with Crippen LogP contribution in [0.15, 0.2) is 0 Å². The van der Waals surface area contributed by atoms with Crippen molar-refractivity contribution in [2.75, 3.05) is 12.8 Å². The molecule has 0 saturated heterocycles. The topological polar surface area (TPSA) is 52.3 Å². The maximum atomic E-state index is 11.0. The maximum absolute atomic E-state index is 11.0. The molecule has 0 aliphatic rings. The fourth-order valence-electron chi connectivity index (χ4n) is 0.734. The summed E-state index contributed by atoms with van der Waals surface area (Å²) in [4.78, 5) is 11.4. The summed E-state index contributed by atoms with van der Waals surface area (Å²) in [6.07, 6.45) is 0. The lowest BCUT2D eigenvalue weighted by molar-refractivity contribution is 0.0606. The molecule has 3 nitrogen and oxygen atoms in total. The average Bonchev–Trinajstić information content (AvgIpc) is 2.32. The van der Waals surface area contributed by atoms with E-state index in [9.17, 15) is 4.79 Å². The van der Waals surface area contributed by atoms with Gasteiger partial charge in [0.2, 0.25) is 0 Å². The fraction of sp³-hybridized carbons (Fsp3) is 0.286. The van der Waals surface area contributed by atoms with Crippen molar-refractivity contribution in [3.05, 3.63) is 15.5 Å². The Labute approximate surface area is 79.1 Å². The number of nitrogen functional groups attached to an aromatic ring is 1. The number of rotatable bonds is 1. The van der Waals surface area contributed by atoms with Crippen molar-refractivity contribution in [1.29, 1.82) is 0 Å². The molecular weight excluding hydrogens is 198 g/mol. The van der Waals surface area contributed by atoms with Crippen LogP contribution in [0.1, 0.15) is 15.2 Å². The zero-order chi connectivity index (χ0) is 9.30. The molecule has 0 aliphatic carbocycles. The molecule has 0 radical (unpaired) electrons. The Bertz CT molecular complexity index is 321. The first-order chi connectivity index (χ1) is 5.57. The molecular formula is C7H8ClNO2S. The van der Waals surface area contributed by atoms with Gasteiger partial charge < -0.3 is 10.5 Å². The first-order valence-electron chi connectivity index (χ1n) is 3.20. The smallest absolute Gasteiger partial charge is 0.349 e. The van der Waals surface area contributed by atoms with E-state index in [1.54, 1.807) is 6.92 Å². The van der Waals surface area contributed by atoms with E-state index in [2.05, 4.69) is 4.74 Å². The Kier molecular flexibility index (Phi) is 2.59. The lowest BCUT2D eigenvalue weighted by atomic mass is 10.3. The number of carbonyl (C=O) groups excluding carboxylic acids is 1. The van der Waals surface area contributed by atoms with Crippen LogP contribution in [0.3, 0.4) is 0 Å². The monoisotopic (exact) mass is 205 g/mol. The molecule has 0 aromatic carbocycles. The highest BCUT2D eigenvalue weighted by molar-refractivity contribution is 7.18. The number of anilines is 1. The molecule has 1 aromatic heterocycles. The average molecular weight is 206 g/mol. The summed E-state index contributed by atoms with van der Waals surface area (Å²) in [5, 5.41) is 0.949. The number of nitrogens with two attached hydrogens (primary N) is 1. The van der Waals surface area contributed by atoms with Crippen LogP contribution in [0.2, 0.25) is 5.02 Å². The molecule has 0 bridgehead atoms. The predicted octanol–water partition coefficient (Wildman–Crippen LogP) is 2.08. The van der Waals surface area contributed by atoms with E-state index in [1.165, 1.54) is 7.11 Å². The molecule has 0 aliphatic heterocycles. The van der Waals surface area contributed by atoms with Gasteiger partial charge in [-0.15, -0.1) is 11.3 Å². The number of methoxy groups -OCH3 is 1. The van der Waals surface area contributed by atoms with E-state index in [4.69, 9.17) is 17.3 Å². The van der Waals surface area contributed by atoms with E-state index in [1.807, 2.05) is 0 Å². The van der Waals surface area contributed by atoms with Crippen molar-refractivity contribution >= 4 is 33.9 Å². The highest BCUT2D eigenvalue weighted by Gasteiger charge is 2.17. The number of thiophene rings is 1. The Hall–Kier alpha value is -0.740. The van der Waals surface area contributed by atoms with Crippen LogP contribution in [0.5, 0.6) is 0 Å². The Balaban J connectivity index is 3.17. The molecule has 5 heteroatoms. The maximum Gasteiger partial charge on any atom is 0.349 e. The van der Waals surface area contributed by atoms with Gasteiger partial charge >= 0.3 is 5.97 Å². The van der Waals surface area contributed by atoms with Gasteiger partial charge in [-0.3, -0.25) is 0 Å². The second kappa shape index (κ2) is 3.33. The summed E-state index contributed by atoms with van der Waals surface area (Å²) in [5.74, 6) is -0.440. The van der Waals surface area contributed by atoms with Crippen LogP contribution >= 0.6 is 22.9 Å². The van der Waals surface area contributed by atoms with E-state index in [0.29, 0.717) is 14.9 Å². The van der Waals surface area contributed by atoms with Crippen molar-refractivity contribution in [2.45, 2.75) is 6.92 Å². The summed E-state index contributed by atoms with van der Waals surface area (Å²) in [6, 6.07) is 0. The van der Waals surface area contributed by atoms with Gasteiger partial charge in [-0.1, -0.05) is 11.6 Å². The van der Waals surface area contributed by atoms with Gasteiger partial charge in [-0.2, -0.15) is 0 Å². The molecule has 0 atom stereocenters. The number of carbonyl (C=O) groups is 1. The molecule has 0 fully saturated rings. The summed E-state index contributed by atoms with van der Waals surface area (Å²) in [7, 11) is 1.31. The number of ether oxygens (including phenoxy) is 1. The molecule has 0 spiro atoms. The van der Waals surface area contributed by atoms with Crippen LogP contribution in [0.4, 0.5) is 5.00 Å². The van der Waals surface area contributed by atoms with Crippen molar-refractivity contribution in [3.8, 4) is 0 Å². The van der Waals surface area contributed by atoms with Crippen molar-refractivity contribution in [2.24, 2.45) is 0 Å². The minimum Gasteiger partial charge on any atom is -0.465 e. The SMILES string of the molecule is COC(=O)c1sc(N)c(C)c1Cl. The molecule has 1 rings (SSSR count). The van der Waals surface area contributed by atoms with Gasteiger partial charge in [0.25, 0.3) is 0 Å². The minimum absolute atomic E-state index is 0.370. The third-order valence-electron chi connectivity index (χ3n) is 1.48. The number of esters is 1. The highest BCUT2D eigenvalue weighted by Crippen LogP contribution is 2.34.